The van der Waals surface area contributed by atoms with Gasteiger partial charge in [-0.3, -0.25) is 0 Å². The monoisotopic (exact) mass is 183 g/mol. The zero-order chi connectivity index (χ0) is 10.5. The molecule has 0 saturated carbocycles. The van der Waals surface area contributed by atoms with E-state index in [1.54, 1.807) is 0 Å². The number of ether oxygens (including phenoxy) is 1. The second-order valence-electron chi connectivity index (χ2n) is 3.95. The van der Waals surface area contributed by atoms with E-state index in [0.29, 0.717) is 6.54 Å². The summed E-state index contributed by atoms with van der Waals surface area (Å²) in [6.07, 6.45) is 4.72. The molecule has 0 aromatic rings. The summed E-state index contributed by atoms with van der Waals surface area (Å²) in [5, 5.41) is 2.59. The second-order valence-corrected chi connectivity index (χ2v) is 3.95. The predicted octanol–water partition coefficient (Wildman–Crippen LogP) is 1.78. The van der Waals surface area contributed by atoms with Crippen molar-refractivity contribution >= 4 is 6.09 Å². The molecule has 0 aliphatic carbocycles. The lowest BCUT2D eigenvalue weighted by Crippen LogP contribution is -2.34. The summed E-state index contributed by atoms with van der Waals surface area (Å²) >= 11 is 0. The highest BCUT2D eigenvalue weighted by atomic mass is 16.6. The molecule has 0 fully saturated rings. The van der Waals surface area contributed by atoms with E-state index in [2.05, 4.69) is 11.2 Å². The van der Waals surface area contributed by atoms with Gasteiger partial charge in [0.05, 0.1) is 0 Å². The zero-order valence-electron chi connectivity index (χ0n) is 8.68. The first kappa shape index (κ1) is 11.8. The fraction of sp³-hybridized carbons (Fsp3) is 0.700. The van der Waals surface area contributed by atoms with Crippen LogP contribution in [0.3, 0.4) is 0 Å². The van der Waals surface area contributed by atoms with Crippen LogP contribution in [0.1, 0.15) is 27.7 Å². The van der Waals surface area contributed by atoms with Crippen LogP contribution in [-0.2, 0) is 4.74 Å². The Morgan fingerprint density at radius 1 is 1.62 bits per heavy atom. The molecular formula is C10H17NO2. The van der Waals surface area contributed by atoms with Gasteiger partial charge in [-0.05, 0) is 27.7 Å². The quantitative estimate of drug-likeness (QED) is 0.663. The summed E-state index contributed by atoms with van der Waals surface area (Å²) in [4.78, 5) is 11.1. The van der Waals surface area contributed by atoms with Gasteiger partial charge in [-0.1, -0.05) is 0 Å². The molecule has 1 N–H and O–H groups in total. The van der Waals surface area contributed by atoms with Crippen molar-refractivity contribution < 1.29 is 9.53 Å². The minimum atomic E-state index is -0.455. The van der Waals surface area contributed by atoms with Crippen LogP contribution in [-0.4, -0.2) is 18.2 Å². The van der Waals surface area contributed by atoms with Gasteiger partial charge in [-0.15, -0.1) is 12.3 Å². The Balaban J connectivity index is 3.72. The first-order valence-electron chi connectivity index (χ1n) is 4.28. The number of carbonyl (C=O) groups is 1. The van der Waals surface area contributed by atoms with Gasteiger partial charge in [0, 0.05) is 12.5 Å². The Hall–Kier alpha value is -1.17. The number of nitrogens with one attached hydrogen (secondary N) is 1. The van der Waals surface area contributed by atoms with E-state index < -0.39 is 11.7 Å². The molecule has 74 valence electrons. The van der Waals surface area contributed by atoms with Gasteiger partial charge in [0.25, 0.3) is 0 Å². The van der Waals surface area contributed by atoms with E-state index >= 15 is 0 Å². The molecule has 13 heavy (non-hydrogen) atoms. The molecule has 3 nitrogen and oxygen atoms in total. The van der Waals surface area contributed by atoms with E-state index in [4.69, 9.17) is 11.2 Å². The second kappa shape index (κ2) is 4.76. The van der Waals surface area contributed by atoms with Crippen molar-refractivity contribution in [3.05, 3.63) is 0 Å². The first-order chi connectivity index (χ1) is 5.85. The topological polar surface area (TPSA) is 38.3 Å². The number of carbonyl (C=O) groups excluding carboxylic acids is 1. The summed E-state index contributed by atoms with van der Waals surface area (Å²) in [6, 6.07) is 0. The molecule has 0 heterocycles. The lowest BCUT2D eigenvalue weighted by Gasteiger charge is -2.20. The number of hydrogen-bond donors (Lipinski definition) is 1. The lowest BCUT2D eigenvalue weighted by molar-refractivity contribution is 0.0524. The Bertz CT molecular complexity index is 210. The van der Waals surface area contributed by atoms with Crippen molar-refractivity contribution in [1.82, 2.24) is 5.32 Å². The van der Waals surface area contributed by atoms with Crippen LogP contribution >= 0.6 is 0 Å². The Morgan fingerprint density at radius 3 is 2.54 bits per heavy atom. The van der Waals surface area contributed by atoms with Crippen molar-refractivity contribution in [2.45, 2.75) is 33.3 Å². The molecule has 1 amide bonds. The van der Waals surface area contributed by atoms with Crippen LogP contribution in [0.4, 0.5) is 4.79 Å². The van der Waals surface area contributed by atoms with Crippen molar-refractivity contribution in [3.63, 3.8) is 0 Å². The Labute approximate surface area is 79.8 Å². The normalized spacial score (nSPS) is 12.8. The molecule has 3 heteroatoms. The molecule has 1 atom stereocenters. The molecule has 0 unspecified atom stereocenters. The molecule has 0 aliphatic heterocycles. The van der Waals surface area contributed by atoms with Crippen LogP contribution in [0.25, 0.3) is 0 Å². The fourth-order valence-corrected chi connectivity index (χ4v) is 0.610. The van der Waals surface area contributed by atoms with Gasteiger partial charge in [0.1, 0.15) is 5.60 Å². The number of alkyl carbamates (subject to hydrolysis) is 1. The molecule has 0 aliphatic rings. The van der Waals surface area contributed by atoms with E-state index in [1.165, 1.54) is 0 Å². The standard InChI is InChI=1S/C10H17NO2/c1-6-8(2)7-11-9(12)13-10(3,4)5/h1,8H,7H2,2-5H3,(H,11,12)/t8-/m0/s1. The third-order valence-corrected chi connectivity index (χ3v) is 1.24. The summed E-state index contributed by atoms with van der Waals surface area (Å²) in [5.74, 6) is 2.55. The van der Waals surface area contributed by atoms with Crippen LogP contribution in [0.5, 0.6) is 0 Å². The molecule has 0 spiro atoms. The van der Waals surface area contributed by atoms with Crippen LogP contribution in [0.2, 0.25) is 0 Å². The third kappa shape index (κ3) is 7.20. The Kier molecular flexibility index (Phi) is 4.33. The maximum atomic E-state index is 11.1. The van der Waals surface area contributed by atoms with Crippen LogP contribution < -0.4 is 5.32 Å². The molecule has 0 radical (unpaired) electrons. The van der Waals surface area contributed by atoms with Crippen LogP contribution in [0.15, 0.2) is 0 Å². The average molecular weight is 183 g/mol. The first-order valence-corrected chi connectivity index (χ1v) is 4.28. The van der Waals surface area contributed by atoms with Gasteiger partial charge in [0.2, 0.25) is 0 Å². The zero-order valence-corrected chi connectivity index (χ0v) is 8.68. The van der Waals surface area contributed by atoms with Gasteiger partial charge >= 0.3 is 6.09 Å². The molecule has 0 rings (SSSR count). The van der Waals surface area contributed by atoms with Crippen LogP contribution in [0, 0.1) is 18.3 Å². The highest BCUT2D eigenvalue weighted by molar-refractivity contribution is 5.67. The van der Waals surface area contributed by atoms with E-state index in [1.807, 2.05) is 27.7 Å². The van der Waals surface area contributed by atoms with Crippen molar-refractivity contribution in [3.8, 4) is 12.3 Å². The van der Waals surface area contributed by atoms with Gasteiger partial charge < -0.3 is 10.1 Å². The number of amides is 1. The summed E-state index contributed by atoms with van der Waals surface area (Å²) in [5.41, 5.74) is -0.455. The van der Waals surface area contributed by atoms with Gasteiger partial charge in [-0.2, -0.15) is 0 Å². The van der Waals surface area contributed by atoms with Crippen molar-refractivity contribution in [2.75, 3.05) is 6.54 Å². The van der Waals surface area contributed by atoms with E-state index in [9.17, 15) is 4.79 Å². The highest BCUT2D eigenvalue weighted by Crippen LogP contribution is 2.06. The number of terminal acetylenes is 1. The number of hydrogen-bond acceptors (Lipinski definition) is 2. The minimum Gasteiger partial charge on any atom is -0.444 e. The van der Waals surface area contributed by atoms with Gasteiger partial charge in [-0.25, -0.2) is 4.79 Å². The molecule has 0 aromatic carbocycles. The summed E-state index contributed by atoms with van der Waals surface area (Å²) in [7, 11) is 0. The molecular weight excluding hydrogens is 166 g/mol. The minimum absolute atomic E-state index is 0.0347. The third-order valence-electron chi connectivity index (χ3n) is 1.24. The summed E-state index contributed by atoms with van der Waals surface area (Å²) in [6.45, 7) is 7.76. The lowest BCUT2D eigenvalue weighted by atomic mass is 10.2. The van der Waals surface area contributed by atoms with E-state index in [0.717, 1.165) is 0 Å². The van der Waals surface area contributed by atoms with Gasteiger partial charge in [0.15, 0.2) is 0 Å². The fourth-order valence-electron chi connectivity index (χ4n) is 0.610. The molecule has 0 saturated heterocycles. The number of rotatable bonds is 2. The maximum absolute atomic E-state index is 11.1. The maximum Gasteiger partial charge on any atom is 0.407 e. The van der Waals surface area contributed by atoms with E-state index in [-0.39, 0.29) is 5.92 Å². The Morgan fingerprint density at radius 2 is 2.15 bits per heavy atom. The smallest absolute Gasteiger partial charge is 0.407 e. The summed E-state index contributed by atoms with van der Waals surface area (Å²) < 4.78 is 5.01. The highest BCUT2D eigenvalue weighted by Gasteiger charge is 2.15. The van der Waals surface area contributed by atoms with Crippen molar-refractivity contribution in [1.29, 1.82) is 0 Å². The molecule has 0 aromatic heterocycles. The van der Waals surface area contributed by atoms with Crippen molar-refractivity contribution in [2.24, 2.45) is 5.92 Å². The largest absolute Gasteiger partial charge is 0.444 e. The predicted molar refractivity (Wildman–Crippen MR) is 52.2 cm³/mol. The average Bonchev–Trinajstić information content (AvgIpc) is 1.97. The molecule has 0 bridgehead atoms. The SMILES string of the molecule is C#C[C@H](C)CNC(=O)OC(C)(C)C.